The Balaban J connectivity index is 2.21. The molecule has 2 rings (SSSR count). The highest BCUT2D eigenvalue weighted by Gasteiger charge is 2.17. The molecule has 6 heteroatoms. The maximum Gasteiger partial charge on any atom is 0.259 e. The minimum atomic E-state index is -0.279. The number of benzene rings is 2. The van der Waals surface area contributed by atoms with Crippen LogP contribution in [0.15, 0.2) is 46.9 Å². The number of carbonyl (C=O) groups excluding carboxylic acids is 2. The van der Waals surface area contributed by atoms with Gasteiger partial charge in [-0.3, -0.25) is 9.59 Å². The number of halogens is 1. The molecule has 0 aliphatic carbocycles. The smallest absolute Gasteiger partial charge is 0.259 e. The van der Waals surface area contributed by atoms with Crippen molar-refractivity contribution in [3.05, 3.63) is 58.1 Å². The van der Waals surface area contributed by atoms with Crippen molar-refractivity contribution in [2.24, 2.45) is 5.92 Å². The molecule has 0 fully saturated rings. The molecule has 0 aromatic heterocycles. The van der Waals surface area contributed by atoms with E-state index in [2.05, 4.69) is 48.9 Å². The zero-order valence-electron chi connectivity index (χ0n) is 18.2. The zero-order chi connectivity index (χ0) is 22.1. The van der Waals surface area contributed by atoms with E-state index in [-0.39, 0.29) is 11.8 Å². The molecule has 0 heterocycles. The molecule has 30 heavy (non-hydrogen) atoms. The summed E-state index contributed by atoms with van der Waals surface area (Å²) in [7, 11) is 0. The fourth-order valence-corrected chi connectivity index (χ4v) is 3.39. The van der Waals surface area contributed by atoms with Gasteiger partial charge in [-0.25, -0.2) is 0 Å². The number of nitrogens with zero attached hydrogens (tertiary/aromatic N) is 1. The standard InChI is InChI=1S/C24H31BrN2O3/c1-5-12-27(13-6-2)24(29)18-8-7-9-20(14-18)26-23(28)21-15-19(25)10-11-22(21)30-16-17(3)4/h7-11,14-15,17H,5-6,12-13,16H2,1-4H3,(H,26,28). The number of rotatable bonds is 10. The van der Waals surface area contributed by atoms with Gasteiger partial charge in [-0.1, -0.05) is 49.7 Å². The average Bonchev–Trinajstić information content (AvgIpc) is 2.72. The van der Waals surface area contributed by atoms with Crippen LogP contribution >= 0.6 is 15.9 Å². The average molecular weight is 475 g/mol. The first-order valence-electron chi connectivity index (χ1n) is 10.5. The van der Waals surface area contributed by atoms with E-state index in [1.165, 1.54) is 0 Å². The lowest BCUT2D eigenvalue weighted by Crippen LogP contribution is -2.32. The van der Waals surface area contributed by atoms with E-state index < -0.39 is 0 Å². The third kappa shape index (κ3) is 6.87. The van der Waals surface area contributed by atoms with Gasteiger partial charge in [-0.15, -0.1) is 0 Å². The van der Waals surface area contributed by atoms with Crippen molar-refractivity contribution >= 4 is 33.4 Å². The molecule has 0 aliphatic heterocycles. The summed E-state index contributed by atoms with van der Waals surface area (Å²) >= 11 is 3.42. The number of amides is 2. The Kier molecular flexibility index (Phi) is 9.37. The lowest BCUT2D eigenvalue weighted by molar-refractivity contribution is 0.0755. The maximum absolute atomic E-state index is 12.9. The molecule has 0 saturated carbocycles. The van der Waals surface area contributed by atoms with Gasteiger partial charge in [0.15, 0.2) is 0 Å². The quantitative estimate of drug-likeness (QED) is 0.459. The second-order valence-corrected chi connectivity index (χ2v) is 8.59. The van der Waals surface area contributed by atoms with Gasteiger partial charge < -0.3 is 15.0 Å². The molecule has 2 aromatic carbocycles. The Morgan fingerprint density at radius 1 is 1.07 bits per heavy atom. The van der Waals surface area contributed by atoms with Gasteiger partial charge >= 0.3 is 0 Å². The monoisotopic (exact) mass is 474 g/mol. The van der Waals surface area contributed by atoms with Crippen molar-refractivity contribution in [1.29, 1.82) is 0 Å². The summed E-state index contributed by atoms with van der Waals surface area (Å²) < 4.78 is 6.61. The fraction of sp³-hybridized carbons (Fsp3) is 0.417. The highest BCUT2D eigenvalue weighted by atomic mass is 79.9. The fourth-order valence-electron chi connectivity index (χ4n) is 3.03. The van der Waals surface area contributed by atoms with Crippen molar-refractivity contribution in [1.82, 2.24) is 4.90 Å². The number of hydrogen-bond donors (Lipinski definition) is 1. The highest BCUT2D eigenvalue weighted by Crippen LogP contribution is 2.25. The number of ether oxygens (including phenoxy) is 1. The number of hydrogen-bond acceptors (Lipinski definition) is 3. The van der Waals surface area contributed by atoms with E-state index in [1.54, 1.807) is 36.4 Å². The van der Waals surface area contributed by atoms with Crippen molar-refractivity contribution in [2.45, 2.75) is 40.5 Å². The minimum Gasteiger partial charge on any atom is -0.492 e. The van der Waals surface area contributed by atoms with E-state index >= 15 is 0 Å². The normalized spacial score (nSPS) is 10.7. The van der Waals surface area contributed by atoms with Crippen LogP contribution in [0.4, 0.5) is 5.69 Å². The van der Waals surface area contributed by atoms with Crippen molar-refractivity contribution in [3.63, 3.8) is 0 Å². The molecule has 0 aliphatic rings. The molecule has 2 amide bonds. The summed E-state index contributed by atoms with van der Waals surface area (Å²) in [6.45, 7) is 10.2. The molecular weight excluding hydrogens is 444 g/mol. The predicted molar refractivity (Wildman–Crippen MR) is 125 cm³/mol. The van der Waals surface area contributed by atoms with Crippen LogP contribution in [0.25, 0.3) is 0 Å². The molecule has 0 bridgehead atoms. The number of carbonyl (C=O) groups is 2. The largest absolute Gasteiger partial charge is 0.492 e. The van der Waals surface area contributed by atoms with E-state index in [0.717, 1.165) is 30.4 Å². The lowest BCUT2D eigenvalue weighted by atomic mass is 10.1. The van der Waals surface area contributed by atoms with Crippen LogP contribution in [-0.2, 0) is 0 Å². The predicted octanol–water partition coefficient (Wildman–Crippen LogP) is 6.00. The zero-order valence-corrected chi connectivity index (χ0v) is 19.8. The third-order valence-corrected chi connectivity index (χ3v) is 4.89. The molecule has 0 atom stereocenters. The summed E-state index contributed by atoms with van der Waals surface area (Å²) in [5.41, 5.74) is 1.59. The van der Waals surface area contributed by atoms with Crippen LogP contribution in [0.5, 0.6) is 5.75 Å². The van der Waals surface area contributed by atoms with Crippen molar-refractivity contribution in [2.75, 3.05) is 25.0 Å². The first-order chi connectivity index (χ1) is 14.3. The Morgan fingerprint density at radius 3 is 2.40 bits per heavy atom. The van der Waals surface area contributed by atoms with E-state index in [1.807, 2.05) is 11.0 Å². The summed E-state index contributed by atoms with van der Waals surface area (Å²) in [4.78, 5) is 27.7. The Morgan fingerprint density at radius 2 is 1.77 bits per heavy atom. The van der Waals surface area contributed by atoms with Crippen LogP contribution in [0.2, 0.25) is 0 Å². The summed E-state index contributed by atoms with van der Waals surface area (Å²) in [5.74, 6) is 0.590. The van der Waals surface area contributed by atoms with Crippen molar-refractivity contribution < 1.29 is 14.3 Å². The molecule has 0 saturated heterocycles. The molecular formula is C24H31BrN2O3. The van der Waals surface area contributed by atoms with Gasteiger partial charge in [0, 0.05) is 28.8 Å². The van der Waals surface area contributed by atoms with E-state index in [9.17, 15) is 9.59 Å². The maximum atomic E-state index is 12.9. The second kappa shape index (κ2) is 11.7. The van der Waals surface area contributed by atoms with Crippen LogP contribution in [-0.4, -0.2) is 36.4 Å². The molecule has 5 nitrogen and oxygen atoms in total. The topological polar surface area (TPSA) is 58.6 Å². The van der Waals surface area contributed by atoms with Gasteiger partial charge in [0.05, 0.1) is 12.2 Å². The Labute approximate surface area is 187 Å². The Bertz CT molecular complexity index is 861. The Hall–Kier alpha value is -2.34. The molecule has 0 spiro atoms. The number of anilines is 1. The van der Waals surface area contributed by atoms with Gasteiger partial charge in [0.25, 0.3) is 11.8 Å². The summed E-state index contributed by atoms with van der Waals surface area (Å²) in [5, 5.41) is 2.90. The number of nitrogens with one attached hydrogen (secondary N) is 1. The molecule has 0 unspecified atom stereocenters. The lowest BCUT2D eigenvalue weighted by Gasteiger charge is -2.21. The van der Waals surface area contributed by atoms with Crippen LogP contribution in [0.3, 0.4) is 0 Å². The first-order valence-corrected chi connectivity index (χ1v) is 11.3. The summed E-state index contributed by atoms with van der Waals surface area (Å²) in [6, 6.07) is 12.5. The van der Waals surface area contributed by atoms with E-state index in [4.69, 9.17) is 4.74 Å². The highest BCUT2D eigenvalue weighted by molar-refractivity contribution is 9.10. The summed E-state index contributed by atoms with van der Waals surface area (Å²) in [6.07, 6.45) is 1.81. The molecule has 2 aromatic rings. The molecule has 0 radical (unpaired) electrons. The first kappa shape index (κ1) is 23.9. The van der Waals surface area contributed by atoms with Gasteiger partial charge in [-0.2, -0.15) is 0 Å². The van der Waals surface area contributed by atoms with Crippen LogP contribution < -0.4 is 10.1 Å². The second-order valence-electron chi connectivity index (χ2n) is 7.67. The minimum absolute atomic E-state index is 0.0155. The van der Waals surface area contributed by atoms with Gasteiger partial charge in [0.2, 0.25) is 0 Å². The SMILES string of the molecule is CCCN(CCC)C(=O)c1cccc(NC(=O)c2cc(Br)ccc2OCC(C)C)c1. The molecule has 162 valence electrons. The van der Waals surface area contributed by atoms with Crippen molar-refractivity contribution in [3.8, 4) is 5.75 Å². The van der Waals surface area contributed by atoms with Crippen LogP contribution in [0.1, 0.15) is 61.3 Å². The third-order valence-electron chi connectivity index (χ3n) is 4.40. The van der Waals surface area contributed by atoms with E-state index in [0.29, 0.717) is 35.1 Å². The van der Waals surface area contributed by atoms with Crippen LogP contribution in [0, 0.1) is 5.92 Å². The molecule has 1 N–H and O–H groups in total. The van der Waals surface area contributed by atoms with Gasteiger partial charge in [0.1, 0.15) is 5.75 Å². The van der Waals surface area contributed by atoms with Gasteiger partial charge in [-0.05, 0) is 55.2 Å².